The van der Waals surface area contributed by atoms with Crippen molar-refractivity contribution in [2.24, 2.45) is 5.73 Å². The molecule has 0 radical (unpaired) electrons. The molecule has 5 nitrogen and oxygen atoms in total. The van der Waals surface area contributed by atoms with Crippen molar-refractivity contribution in [2.75, 3.05) is 13.2 Å². The summed E-state index contributed by atoms with van der Waals surface area (Å²) in [5.74, 6) is -0.833. The fourth-order valence-corrected chi connectivity index (χ4v) is 0.0745. The molecule has 1 atom stereocenters. The van der Waals surface area contributed by atoms with E-state index in [1.165, 1.54) is 0 Å². The first-order valence-electron chi connectivity index (χ1n) is 2.73. The Morgan fingerprint density at radius 3 is 2.00 bits per heavy atom. The van der Waals surface area contributed by atoms with E-state index in [4.69, 9.17) is 25.8 Å². The van der Waals surface area contributed by atoms with Crippen LogP contribution in [0.4, 0.5) is 0 Å². The molecular weight excluding hydrogens is 138 g/mol. The van der Waals surface area contributed by atoms with E-state index in [1.54, 1.807) is 0 Å². The van der Waals surface area contributed by atoms with Gasteiger partial charge < -0.3 is 21.1 Å². The summed E-state index contributed by atoms with van der Waals surface area (Å²) < 4.78 is 0. The Kier molecular flexibility index (Phi) is 10.1. The first kappa shape index (κ1) is 12.1. The van der Waals surface area contributed by atoms with Gasteiger partial charge in [-0.3, -0.25) is 4.79 Å². The molecule has 0 aromatic carbocycles. The Labute approximate surface area is 59.1 Å². The van der Waals surface area contributed by atoms with Crippen LogP contribution in [0.15, 0.2) is 0 Å². The molecule has 0 spiro atoms. The quantitative estimate of drug-likeness (QED) is 0.380. The molecule has 62 valence electrons. The molecule has 0 aromatic rings. The van der Waals surface area contributed by atoms with Gasteiger partial charge in [0.15, 0.2) is 0 Å². The highest BCUT2D eigenvalue weighted by atomic mass is 16.4. The number of carbonyl (C=O) groups is 1. The Morgan fingerprint density at radius 1 is 1.70 bits per heavy atom. The molecule has 0 amide bonds. The average Bonchev–Trinajstić information content (AvgIpc) is 1.85. The average molecular weight is 151 g/mol. The van der Waals surface area contributed by atoms with Gasteiger partial charge in [-0.15, -0.1) is 0 Å². The summed E-state index contributed by atoms with van der Waals surface area (Å²) in [5.41, 5.74) is 4.87. The van der Waals surface area contributed by atoms with Gasteiger partial charge in [-0.2, -0.15) is 0 Å². The normalized spacial score (nSPS) is 11.2. The molecule has 0 aliphatic carbocycles. The predicted molar refractivity (Wildman–Crippen MR) is 35.5 cm³/mol. The van der Waals surface area contributed by atoms with Gasteiger partial charge in [-0.05, 0) is 0 Å². The number of rotatable bonds is 2. The second-order valence-corrected chi connectivity index (χ2v) is 1.59. The van der Waals surface area contributed by atoms with E-state index in [1.807, 2.05) is 0 Å². The zero-order chi connectivity index (χ0) is 8.57. The van der Waals surface area contributed by atoms with Crippen molar-refractivity contribution < 1.29 is 20.1 Å². The maximum atomic E-state index is 9.00. The van der Waals surface area contributed by atoms with Crippen LogP contribution in [0.5, 0.6) is 0 Å². The van der Waals surface area contributed by atoms with Crippen molar-refractivity contribution in [1.29, 1.82) is 0 Å². The third-order valence-corrected chi connectivity index (χ3v) is 0.483. The number of aliphatic carboxylic acids is 1. The lowest BCUT2D eigenvalue weighted by Gasteiger charge is -1.97. The maximum absolute atomic E-state index is 9.00. The SMILES string of the molecule is CC(=O)O.NCC(O)CO. The van der Waals surface area contributed by atoms with Crippen LogP contribution in [0.1, 0.15) is 6.92 Å². The number of nitrogens with two attached hydrogens (primary N) is 1. The maximum Gasteiger partial charge on any atom is 0.300 e. The highest BCUT2D eigenvalue weighted by Gasteiger charge is 1.92. The zero-order valence-electron chi connectivity index (χ0n) is 5.82. The van der Waals surface area contributed by atoms with Gasteiger partial charge in [-0.25, -0.2) is 0 Å². The van der Waals surface area contributed by atoms with Crippen molar-refractivity contribution in [1.82, 2.24) is 0 Å². The van der Waals surface area contributed by atoms with Crippen molar-refractivity contribution in [2.45, 2.75) is 13.0 Å². The number of hydrogen-bond donors (Lipinski definition) is 4. The van der Waals surface area contributed by atoms with Crippen LogP contribution in [-0.4, -0.2) is 40.5 Å². The standard InChI is InChI=1S/C3H9NO2.C2H4O2/c4-1-3(6)2-5;1-2(3)4/h3,5-6H,1-2,4H2;1H3,(H,3,4). The molecule has 0 rings (SSSR count). The van der Waals surface area contributed by atoms with E-state index in [0.717, 1.165) is 6.92 Å². The Morgan fingerprint density at radius 2 is 2.00 bits per heavy atom. The monoisotopic (exact) mass is 151 g/mol. The van der Waals surface area contributed by atoms with E-state index < -0.39 is 12.1 Å². The number of carboxylic acid groups (broad SMARTS) is 1. The highest BCUT2D eigenvalue weighted by molar-refractivity contribution is 5.62. The second-order valence-electron chi connectivity index (χ2n) is 1.59. The van der Waals surface area contributed by atoms with E-state index in [9.17, 15) is 0 Å². The fourth-order valence-electron chi connectivity index (χ4n) is 0.0745. The lowest BCUT2D eigenvalue weighted by Crippen LogP contribution is -2.22. The number of carboxylic acids is 1. The summed E-state index contributed by atoms with van der Waals surface area (Å²) in [5, 5.41) is 23.7. The van der Waals surface area contributed by atoms with Gasteiger partial charge in [0.25, 0.3) is 5.97 Å². The third-order valence-electron chi connectivity index (χ3n) is 0.483. The molecule has 5 heteroatoms. The van der Waals surface area contributed by atoms with E-state index in [2.05, 4.69) is 0 Å². The van der Waals surface area contributed by atoms with Crippen LogP contribution in [0.2, 0.25) is 0 Å². The summed E-state index contributed by atoms with van der Waals surface area (Å²) in [7, 11) is 0. The molecule has 1 unspecified atom stereocenters. The van der Waals surface area contributed by atoms with Gasteiger partial charge >= 0.3 is 0 Å². The Hall–Kier alpha value is -0.650. The second kappa shape index (κ2) is 8.35. The molecule has 0 aliphatic heterocycles. The highest BCUT2D eigenvalue weighted by Crippen LogP contribution is 1.69. The fraction of sp³-hybridized carbons (Fsp3) is 0.800. The molecule has 0 fully saturated rings. The van der Waals surface area contributed by atoms with E-state index >= 15 is 0 Å². The van der Waals surface area contributed by atoms with Crippen LogP contribution < -0.4 is 5.73 Å². The molecule has 0 aliphatic rings. The molecule has 5 N–H and O–H groups in total. The summed E-state index contributed by atoms with van der Waals surface area (Å²) in [6.07, 6.45) is -0.731. The van der Waals surface area contributed by atoms with Gasteiger partial charge in [0, 0.05) is 13.5 Å². The van der Waals surface area contributed by atoms with Crippen molar-refractivity contribution in [3.8, 4) is 0 Å². The van der Waals surface area contributed by atoms with Crippen molar-refractivity contribution in [3.05, 3.63) is 0 Å². The molecular formula is C5H13NO4. The Balaban J connectivity index is 0. The van der Waals surface area contributed by atoms with Crippen molar-refractivity contribution in [3.63, 3.8) is 0 Å². The van der Waals surface area contributed by atoms with Gasteiger partial charge in [0.05, 0.1) is 12.7 Å². The minimum Gasteiger partial charge on any atom is -0.481 e. The summed E-state index contributed by atoms with van der Waals surface area (Å²) in [4.78, 5) is 9.00. The van der Waals surface area contributed by atoms with E-state index in [-0.39, 0.29) is 13.2 Å². The first-order chi connectivity index (χ1) is 4.54. The largest absolute Gasteiger partial charge is 0.481 e. The number of aliphatic hydroxyl groups excluding tert-OH is 2. The zero-order valence-corrected chi connectivity index (χ0v) is 5.82. The summed E-state index contributed by atoms with van der Waals surface area (Å²) in [6, 6.07) is 0. The van der Waals surface area contributed by atoms with Crippen molar-refractivity contribution >= 4 is 5.97 Å². The third kappa shape index (κ3) is 26.4. The Bertz CT molecular complexity index is 77.7. The topological polar surface area (TPSA) is 104 Å². The molecule has 10 heavy (non-hydrogen) atoms. The van der Waals surface area contributed by atoms with Gasteiger partial charge in [0.2, 0.25) is 0 Å². The number of aliphatic hydroxyl groups is 2. The van der Waals surface area contributed by atoms with E-state index in [0.29, 0.717) is 0 Å². The molecule has 0 aromatic heterocycles. The first-order valence-corrected chi connectivity index (χ1v) is 2.73. The summed E-state index contributed by atoms with van der Waals surface area (Å²) in [6.45, 7) is 0.979. The molecule has 0 saturated heterocycles. The lowest BCUT2D eigenvalue weighted by atomic mass is 10.4. The van der Waals surface area contributed by atoms with Crippen LogP contribution in [0, 0.1) is 0 Å². The summed E-state index contributed by atoms with van der Waals surface area (Å²) >= 11 is 0. The van der Waals surface area contributed by atoms with Gasteiger partial charge in [0.1, 0.15) is 0 Å². The smallest absolute Gasteiger partial charge is 0.300 e. The number of hydrogen-bond acceptors (Lipinski definition) is 4. The molecule has 0 bridgehead atoms. The minimum atomic E-state index is -0.833. The molecule has 0 heterocycles. The van der Waals surface area contributed by atoms with Gasteiger partial charge in [-0.1, -0.05) is 0 Å². The lowest BCUT2D eigenvalue weighted by molar-refractivity contribution is -0.134. The minimum absolute atomic E-state index is 0.135. The molecule has 0 saturated carbocycles. The van der Waals surface area contributed by atoms with Crippen LogP contribution in [0.25, 0.3) is 0 Å². The van der Waals surface area contributed by atoms with Crippen LogP contribution >= 0.6 is 0 Å². The van der Waals surface area contributed by atoms with Crippen LogP contribution in [-0.2, 0) is 4.79 Å². The van der Waals surface area contributed by atoms with Crippen LogP contribution in [0.3, 0.4) is 0 Å². The predicted octanol–water partition coefficient (Wildman–Crippen LogP) is -1.61.